The van der Waals surface area contributed by atoms with Crippen LogP contribution in [0.15, 0.2) is 51.8 Å². The molecule has 170 valence electrons. The average Bonchev–Trinajstić information content (AvgIpc) is 3.21. The number of hydrogen-bond acceptors (Lipinski definition) is 6. The Labute approximate surface area is 191 Å². The minimum Gasteiger partial charge on any atom is -0.497 e. The van der Waals surface area contributed by atoms with Crippen LogP contribution in [-0.4, -0.2) is 28.0 Å². The molecule has 0 saturated heterocycles. The van der Waals surface area contributed by atoms with Crippen molar-refractivity contribution in [2.45, 2.75) is 40.2 Å². The monoisotopic (exact) mass is 446 g/mol. The average molecular weight is 447 g/mol. The summed E-state index contributed by atoms with van der Waals surface area (Å²) in [5.74, 6) is 0.867. The van der Waals surface area contributed by atoms with Gasteiger partial charge < -0.3 is 14.6 Å². The molecule has 4 rings (SSSR count). The Kier molecular flexibility index (Phi) is 6.00. The van der Waals surface area contributed by atoms with Gasteiger partial charge in [0.1, 0.15) is 23.2 Å². The molecule has 0 radical (unpaired) electrons. The summed E-state index contributed by atoms with van der Waals surface area (Å²) in [4.78, 5) is 26.5. The van der Waals surface area contributed by atoms with Gasteiger partial charge in [-0.3, -0.25) is 9.59 Å². The second-order valence-electron chi connectivity index (χ2n) is 7.95. The number of anilines is 1. The van der Waals surface area contributed by atoms with E-state index in [-0.39, 0.29) is 11.4 Å². The Morgan fingerprint density at radius 2 is 1.88 bits per heavy atom. The Balaban J connectivity index is 1.83. The number of rotatable bonds is 6. The van der Waals surface area contributed by atoms with Crippen molar-refractivity contribution in [3.8, 4) is 17.0 Å². The van der Waals surface area contributed by atoms with Crippen LogP contribution in [0.25, 0.3) is 22.2 Å². The molecular formula is C25H26N4O4. The van der Waals surface area contributed by atoms with E-state index in [4.69, 9.17) is 9.26 Å². The molecular weight excluding hydrogens is 420 g/mol. The summed E-state index contributed by atoms with van der Waals surface area (Å²) < 4.78 is 11.8. The number of nitrogens with zero attached hydrogens (tertiary/aromatic N) is 3. The molecule has 4 aromatic rings. The van der Waals surface area contributed by atoms with E-state index in [0.717, 1.165) is 16.7 Å². The van der Waals surface area contributed by atoms with Crippen LogP contribution in [-0.2, 0) is 4.79 Å². The van der Waals surface area contributed by atoms with Crippen LogP contribution in [0.2, 0.25) is 0 Å². The molecule has 33 heavy (non-hydrogen) atoms. The molecule has 1 N–H and O–H groups in total. The van der Waals surface area contributed by atoms with Gasteiger partial charge in [-0.15, -0.1) is 0 Å². The maximum absolute atomic E-state index is 13.3. The van der Waals surface area contributed by atoms with Gasteiger partial charge in [-0.25, -0.2) is 4.68 Å². The standard InChI is InChI=1S/C25H26N4O4/c1-6-20(24(30)26-19-9-7-8-14(2)15(19)3)29-25(31)23-21(16(4)33-28-23)22(27-29)17-10-12-18(32-5)13-11-17/h7-13,20H,6H2,1-5H3,(H,26,30). The Hall–Kier alpha value is -3.94. The van der Waals surface area contributed by atoms with Crippen molar-refractivity contribution in [3.63, 3.8) is 0 Å². The first-order chi connectivity index (χ1) is 15.8. The summed E-state index contributed by atoms with van der Waals surface area (Å²) >= 11 is 0. The lowest BCUT2D eigenvalue weighted by atomic mass is 10.1. The molecule has 0 bridgehead atoms. The van der Waals surface area contributed by atoms with Gasteiger partial charge in [0.05, 0.1) is 12.5 Å². The number of aromatic nitrogens is 3. The lowest BCUT2D eigenvalue weighted by molar-refractivity contribution is -0.119. The molecule has 8 heteroatoms. The van der Waals surface area contributed by atoms with Gasteiger partial charge in [-0.05, 0) is 68.7 Å². The van der Waals surface area contributed by atoms with Gasteiger partial charge in [0.15, 0.2) is 5.52 Å². The molecule has 2 aromatic carbocycles. The van der Waals surface area contributed by atoms with Gasteiger partial charge in [0, 0.05) is 11.3 Å². The fourth-order valence-electron chi connectivity index (χ4n) is 3.84. The second-order valence-corrected chi connectivity index (χ2v) is 7.95. The molecule has 2 aromatic heterocycles. The molecule has 0 aliphatic heterocycles. The van der Waals surface area contributed by atoms with E-state index in [1.165, 1.54) is 4.68 Å². The van der Waals surface area contributed by atoms with E-state index in [2.05, 4.69) is 15.6 Å². The third-order valence-electron chi connectivity index (χ3n) is 5.93. The maximum atomic E-state index is 13.3. The van der Waals surface area contributed by atoms with Gasteiger partial charge in [0.2, 0.25) is 5.91 Å². The molecule has 0 aliphatic carbocycles. The molecule has 0 fully saturated rings. The van der Waals surface area contributed by atoms with Crippen LogP contribution in [0.4, 0.5) is 5.69 Å². The van der Waals surface area contributed by atoms with Crippen LogP contribution < -0.4 is 15.6 Å². The fraction of sp³-hybridized carbons (Fsp3) is 0.280. The number of fused-ring (bicyclic) bond motifs is 1. The largest absolute Gasteiger partial charge is 0.497 e. The van der Waals surface area contributed by atoms with Crippen LogP contribution in [0.3, 0.4) is 0 Å². The van der Waals surface area contributed by atoms with Crippen LogP contribution in [0, 0.1) is 20.8 Å². The van der Waals surface area contributed by atoms with E-state index in [0.29, 0.717) is 34.7 Å². The molecule has 8 nitrogen and oxygen atoms in total. The van der Waals surface area contributed by atoms with Crippen LogP contribution in [0.1, 0.15) is 36.3 Å². The number of carbonyl (C=O) groups excluding carboxylic acids is 1. The van der Waals surface area contributed by atoms with Crippen molar-refractivity contribution in [1.82, 2.24) is 14.9 Å². The number of hydrogen-bond donors (Lipinski definition) is 1. The molecule has 2 heterocycles. The number of amides is 1. The maximum Gasteiger partial charge on any atom is 0.297 e. The summed E-state index contributed by atoms with van der Waals surface area (Å²) in [6, 6.07) is 12.2. The first kappa shape index (κ1) is 22.3. The smallest absolute Gasteiger partial charge is 0.297 e. The summed E-state index contributed by atoms with van der Waals surface area (Å²) in [6.45, 7) is 7.50. The number of nitrogens with one attached hydrogen (secondary N) is 1. The van der Waals surface area contributed by atoms with Crippen molar-refractivity contribution >= 4 is 22.5 Å². The van der Waals surface area contributed by atoms with E-state index >= 15 is 0 Å². The normalized spacial score (nSPS) is 12.0. The molecule has 1 atom stereocenters. The predicted octanol–water partition coefficient (Wildman–Crippen LogP) is 4.58. The number of aryl methyl sites for hydroxylation is 2. The van der Waals surface area contributed by atoms with E-state index in [1.807, 2.05) is 63.2 Å². The highest BCUT2D eigenvalue weighted by atomic mass is 16.5. The molecule has 0 spiro atoms. The molecule has 0 aliphatic rings. The van der Waals surface area contributed by atoms with E-state index in [1.54, 1.807) is 14.0 Å². The second kappa shape index (κ2) is 8.90. The van der Waals surface area contributed by atoms with Gasteiger partial charge >= 0.3 is 0 Å². The highest BCUT2D eigenvalue weighted by Gasteiger charge is 2.26. The lowest BCUT2D eigenvalue weighted by Gasteiger charge is -2.19. The summed E-state index contributed by atoms with van der Waals surface area (Å²) in [6.07, 6.45) is 0.369. The van der Waals surface area contributed by atoms with E-state index in [9.17, 15) is 9.59 Å². The van der Waals surface area contributed by atoms with Crippen molar-refractivity contribution < 1.29 is 14.1 Å². The third-order valence-corrected chi connectivity index (χ3v) is 5.93. The third kappa shape index (κ3) is 4.00. The van der Waals surface area contributed by atoms with E-state index < -0.39 is 11.6 Å². The summed E-state index contributed by atoms with van der Waals surface area (Å²) in [7, 11) is 1.59. The van der Waals surface area contributed by atoms with Crippen molar-refractivity contribution in [2.75, 3.05) is 12.4 Å². The zero-order chi connectivity index (χ0) is 23.7. The van der Waals surface area contributed by atoms with Crippen LogP contribution >= 0.6 is 0 Å². The number of methoxy groups -OCH3 is 1. The number of ether oxygens (including phenoxy) is 1. The summed E-state index contributed by atoms with van der Waals surface area (Å²) in [5, 5.41) is 12.1. The molecule has 1 unspecified atom stereocenters. The van der Waals surface area contributed by atoms with Crippen molar-refractivity contribution in [2.24, 2.45) is 0 Å². The van der Waals surface area contributed by atoms with Gasteiger partial charge in [-0.1, -0.05) is 24.2 Å². The first-order valence-electron chi connectivity index (χ1n) is 10.8. The number of carbonyl (C=O) groups is 1. The Bertz CT molecular complexity index is 1390. The van der Waals surface area contributed by atoms with Crippen molar-refractivity contribution in [1.29, 1.82) is 0 Å². The SMILES string of the molecule is CCC(C(=O)Nc1cccc(C)c1C)n1nc(-c2ccc(OC)cc2)c2c(C)onc2c1=O. The Morgan fingerprint density at radius 1 is 1.15 bits per heavy atom. The van der Waals surface area contributed by atoms with Gasteiger partial charge in [0.25, 0.3) is 5.56 Å². The zero-order valence-electron chi connectivity index (χ0n) is 19.3. The fourth-order valence-corrected chi connectivity index (χ4v) is 3.84. The summed E-state index contributed by atoms with van der Waals surface area (Å²) in [5.41, 5.74) is 3.70. The highest BCUT2D eigenvalue weighted by Crippen LogP contribution is 2.29. The van der Waals surface area contributed by atoms with Gasteiger partial charge in [-0.2, -0.15) is 5.10 Å². The molecule has 0 saturated carbocycles. The Morgan fingerprint density at radius 3 is 2.55 bits per heavy atom. The quantitative estimate of drug-likeness (QED) is 0.466. The lowest BCUT2D eigenvalue weighted by Crippen LogP contribution is -2.35. The zero-order valence-corrected chi connectivity index (χ0v) is 19.3. The minimum atomic E-state index is -0.823. The minimum absolute atomic E-state index is 0.145. The van der Waals surface area contributed by atoms with Crippen molar-refractivity contribution in [3.05, 3.63) is 69.7 Å². The highest BCUT2D eigenvalue weighted by molar-refractivity contribution is 5.96. The number of benzene rings is 2. The first-order valence-corrected chi connectivity index (χ1v) is 10.8. The molecule has 1 amide bonds. The predicted molar refractivity (Wildman–Crippen MR) is 127 cm³/mol. The topological polar surface area (TPSA) is 99.2 Å². The van der Waals surface area contributed by atoms with Crippen LogP contribution in [0.5, 0.6) is 5.75 Å².